The number of ether oxygens (including phenoxy) is 2. The normalized spacial score (nSPS) is 24.5. The zero-order valence-electron chi connectivity index (χ0n) is 24.8. The second kappa shape index (κ2) is 11.6. The van der Waals surface area contributed by atoms with Crippen molar-refractivity contribution < 1.29 is 14.3 Å². The third-order valence-electron chi connectivity index (χ3n) is 8.98. The van der Waals surface area contributed by atoms with Crippen molar-refractivity contribution >= 4 is 39.9 Å². The van der Waals surface area contributed by atoms with Crippen molar-refractivity contribution in [2.24, 2.45) is 0 Å². The van der Waals surface area contributed by atoms with E-state index in [0.717, 1.165) is 35.7 Å². The summed E-state index contributed by atoms with van der Waals surface area (Å²) >= 11 is 6.76. The van der Waals surface area contributed by atoms with E-state index in [9.17, 15) is 4.79 Å². The van der Waals surface area contributed by atoms with Gasteiger partial charge in [0.1, 0.15) is 12.7 Å². The average Bonchev–Trinajstić information content (AvgIpc) is 3.40. The monoisotopic (exact) mass is 590 g/mol. The maximum atomic E-state index is 12.4. The largest absolute Gasteiger partial charge is 0.481 e. The highest BCUT2D eigenvalue weighted by molar-refractivity contribution is 6.35. The lowest BCUT2D eigenvalue weighted by Gasteiger charge is -2.44. The molecule has 2 saturated heterocycles. The van der Waals surface area contributed by atoms with E-state index in [1.54, 1.807) is 0 Å². The van der Waals surface area contributed by atoms with E-state index >= 15 is 0 Å². The summed E-state index contributed by atoms with van der Waals surface area (Å²) in [4.78, 5) is 30.8. The maximum Gasteiger partial charge on any atom is 0.320 e. The summed E-state index contributed by atoms with van der Waals surface area (Å²) in [6, 6.07) is 12.8. The van der Waals surface area contributed by atoms with Crippen LogP contribution in [0.2, 0.25) is 5.02 Å². The molecule has 4 heterocycles. The highest BCUT2D eigenvalue weighted by atomic mass is 35.5. The lowest BCUT2D eigenvalue weighted by molar-refractivity contribution is -0.126. The molecular formula is C32H39ClN6O3. The molecule has 0 saturated carbocycles. The lowest BCUT2D eigenvalue weighted by Crippen LogP contribution is -2.54. The predicted molar refractivity (Wildman–Crippen MR) is 167 cm³/mol. The van der Waals surface area contributed by atoms with Crippen molar-refractivity contribution in [3.8, 4) is 11.8 Å². The summed E-state index contributed by atoms with van der Waals surface area (Å²) in [5.41, 5.74) is 1.08. The number of aromatic nitrogens is 2. The molecule has 3 aliphatic heterocycles. The molecule has 10 heteroatoms. The SMILES string of the molecule is C=CC(=O)N1CCN(c2nc(OC[C@@H]3CCCN3C)nc3c2O[C@@H](C)C(c2cccc4cccc(Cl)c24)N3C)[C@@H](C)C1. The van der Waals surface area contributed by atoms with Crippen molar-refractivity contribution in [3.05, 3.63) is 59.6 Å². The van der Waals surface area contributed by atoms with Gasteiger partial charge in [-0.15, -0.1) is 0 Å². The number of hydrogen-bond donors (Lipinski definition) is 0. The Hall–Kier alpha value is -3.56. The number of benzene rings is 2. The van der Waals surface area contributed by atoms with E-state index < -0.39 is 0 Å². The second-order valence-corrected chi connectivity index (χ2v) is 12.1. The molecule has 1 unspecified atom stereocenters. The molecule has 3 aromatic rings. The van der Waals surface area contributed by atoms with Gasteiger partial charge >= 0.3 is 6.01 Å². The Morgan fingerprint density at radius 3 is 2.60 bits per heavy atom. The Balaban J connectivity index is 1.40. The van der Waals surface area contributed by atoms with E-state index in [0.29, 0.717) is 60.7 Å². The molecule has 0 spiro atoms. The van der Waals surface area contributed by atoms with Gasteiger partial charge in [-0.25, -0.2) is 0 Å². The number of hydrogen-bond acceptors (Lipinski definition) is 8. The highest BCUT2D eigenvalue weighted by Crippen LogP contribution is 2.48. The fourth-order valence-electron chi connectivity index (χ4n) is 6.70. The summed E-state index contributed by atoms with van der Waals surface area (Å²) in [5.74, 6) is 1.95. The van der Waals surface area contributed by atoms with Crippen LogP contribution in [-0.2, 0) is 4.79 Å². The molecule has 3 aliphatic rings. The van der Waals surface area contributed by atoms with Crippen LogP contribution in [0, 0.1) is 0 Å². The molecule has 222 valence electrons. The summed E-state index contributed by atoms with van der Waals surface area (Å²) in [6.45, 7) is 11.2. The van der Waals surface area contributed by atoms with Crippen LogP contribution in [0.1, 0.15) is 38.3 Å². The molecule has 1 amide bonds. The number of likely N-dealkylation sites (N-methyl/N-ethyl adjacent to an activating group) is 2. The molecule has 0 radical (unpaired) electrons. The maximum absolute atomic E-state index is 12.4. The van der Waals surface area contributed by atoms with Gasteiger partial charge in [-0.3, -0.25) is 4.79 Å². The van der Waals surface area contributed by atoms with Gasteiger partial charge in [-0.1, -0.05) is 48.5 Å². The molecule has 0 N–H and O–H groups in total. The van der Waals surface area contributed by atoms with Gasteiger partial charge < -0.3 is 29.1 Å². The van der Waals surface area contributed by atoms with Crippen molar-refractivity contribution in [2.75, 3.05) is 56.7 Å². The predicted octanol–water partition coefficient (Wildman–Crippen LogP) is 4.94. The number of nitrogens with zero attached hydrogens (tertiary/aromatic N) is 6. The Kier molecular flexibility index (Phi) is 7.89. The summed E-state index contributed by atoms with van der Waals surface area (Å²) in [7, 11) is 4.18. The molecule has 4 atom stereocenters. The fourth-order valence-corrected chi connectivity index (χ4v) is 6.99. The first-order valence-corrected chi connectivity index (χ1v) is 15.1. The van der Waals surface area contributed by atoms with Gasteiger partial charge in [0, 0.05) is 49.2 Å². The Labute approximate surface area is 252 Å². The average molecular weight is 591 g/mol. The molecule has 0 bridgehead atoms. The number of carbonyl (C=O) groups excluding carboxylic acids is 1. The number of piperazine rings is 1. The number of likely N-dealkylation sites (tertiary alicyclic amines) is 1. The highest BCUT2D eigenvalue weighted by Gasteiger charge is 2.40. The van der Waals surface area contributed by atoms with Crippen molar-refractivity contribution in [1.82, 2.24) is 19.8 Å². The Bertz CT molecular complexity index is 1500. The number of fused-ring (bicyclic) bond motifs is 2. The number of carbonyl (C=O) groups is 1. The molecule has 1 aromatic heterocycles. The van der Waals surface area contributed by atoms with E-state index in [1.807, 2.05) is 24.1 Å². The van der Waals surface area contributed by atoms with Crippen LogP contribution < -0.4 is 19.3 Å². The molecule has 6 rings (SSSR count). The first-order chi connectivity index (χ1) is 20.3. The van der Waals surface area contributed by atoms with Gasteiger partial charge in [-0.2, -0.15) is 9.97 Å². The van der Waals surface area contributed by atoms with E-state index in [1.165, 1.54) is 6.08 Å². The minimum atomic E-state index is -0.218. The van der Waals surface area contributed by atoms with E-state index in [4.69, 9.17) is 31.0 Å². The minimum Gasteiger partial charge on any atom is -0.481 e. The standard InChI is InChI=1S/C32H39ClN6O3/c1-6-26(40)38-16-17-39(20(2)18-38)31-29-30(34-32(35-31)41-19-23-12-9-15-36(23)4)37(5)28(21(3)42-29)24-13-7-10-22-11-8-14-25(33)27(22)24/h6-8,10-11,13-14,20-21,23,28H,1,9,12,15-19H2,2-5H3/t20-,21-,23-,28?/m0/s1. The number of amides is 1. The lowest BCUT2D eigenvalue weighted by atomic mass is 9.93. The number of halogens is 1. The zero-order chi connectivity index (χ0) is 29.5. The van der Waals surface area contributed by atoms with Crippen LogP contribution in [0.3, 0.4) is 0 Å². The molecule has 2 aromatic carbocycles. The molecule has 0 aliphatic carbocycles. The summed E-state index contributed by atoms with van der Waals surface area (Å²) in [6.07, 6.45) is 3.41. The van der Waals surface area contributed by atoms with Crippen molar-refractivity contribution in [3.63, 3.8) is 0 Å². The van der Waals surface area contributed by atoms with Crippen molar-refractivity contribution in [2.45, 2.75) is 50.9 Å². The van der Waals surface area contributed by atoms with E-state index in [-0.39, 0.29) is 24.1 Å². The first kappa shape index (κ1) is 28.6. The van der Waals surface area contributed by atoms with Crippen LogP contribution in [0.5, 0.6) is 11.8 Å². The first-order valence-electron chi connectivity index (χ1n) is 14.8. The third-order valence-corrected chi connectivity index (χ3v) is 9.29. The van der Waals surface area contributed by atoms with Crippen LogP contribution in [0.15, 0.2) is 49.1 Å². The fraction of sp³-hybridized carbons (Fsp3) is 0.469. The van der Waals surface area contributed by atoms with E-state index in [2.05, 4.69) is 66.4 Å². The summed E-state index contributed by atoms with van der Waals surface area (Å²) < 4.78 is 13.0. The third kappa shape index (κ3) is 5.13. The molecular weight excluding hydrogens is 552 g/mol. The van der Waals surface area contributed by atoms with Gasteiger partial charge in [0.05, 0.1) is 6.04 Å². The Morgan fingerprint density at radius 2 is 1.88 bits per heavy atom. The molecule has 9 nitrogen and oxygen atoms in total. The second-order valence-electron chi connectivity index (χ2n) is 11.7. The summed E-state index contributed by atoms with van der Waals surface area (Å²) in [5, 5.41) is 2.81. The minimum absolute atomic E-state index is 0.00859. The van der Waals surface area contributed by atoms with Crippen LogP contribution in [0.25, 0.3) is 10.8 Å². The van der Waals surface area contributed by atoms with Gasteiger partial charge in [0.2, 0.25) is 11.7 Å². The Morgan fingerprint density at radius 1 is 1.12 bits per heavy atom. The topological polar surface area (TPSA) is 74.3 Å². The smallest absolute Gasteiger partial charge is 0.320 e. The van der Waals surface area contributed by atoms with Gasteiger partial charge in [0.15, 0.2) is 11.6 Å². The van der Waals surface area contributed by atoms with Crippen LogP contribution in [-0.4, -0.2) is 90.7 Å². The molecule has 2 fully saturated rings. The van der Waals surface area contributed by atoms with Crippen molar-refractivity contribution in [1.29, 1.82) is 0 Å². The number of rotatable bonds is 6. The van der Waals surface area contributed by atoms with Gasteiger partial charge in [0.25, 0.3) is 0 Å². The molecule has 42 heavy (non-hydrogen) atoms. The van der Waals surface area contributed by atoms with Gasteiger partial charge in [-0.05, 0) is 63.4 Å². The zero-order valence-corrected chi connectivity index (χ0v) is 25.5. The van der Waals surface area contributed by atoms with Crippen LogP contribution in [0.4, 0.5) is 11.6 Å². The number of anilines is 2. The van der Waals surface area contributed by atoms with Crippen LogP contribution >= 0.6 is 11.6 Å². The quantitative estimate of drug-likeness (QED) is 0.374.